The van der Waals surface area contributed by atoms with E-state index >= 15 is 0 Å². The summed E-state index contributed by atoms with van der Waals surface area (Å²) in [6, 6.07) is 13.5. The van der Waals surface area contributed by atoms with Crippen LogP contribution in [0.3, 0.4) is 0 Å². The molecule has 29 heavy (non-hydrogen) atoms. The summed E-state index contributed by atoms with van der Waals surface area (Å²) < 4.78 is 33.1. The molecule has 0 unspecified atom stereocenters. The molecule has 0 saturated carbocycles. The normalized spacial score (nSPS) is 16.9. The summed E-state index contributed by atoms with van der Waals surface area (Å²) >= 11 is 6.04. The van der Waals surface area contributed by atoms with Gasteiger partial charge in [0.1, 0.15) is 0 Å². The van der Waals surface area contributed by atoms with Gasteiger partial charge in [-0.3, -0.25) is 4.79 Å². The van der Waals surface area contributed by atoms with Crippen LogP contribution in [0, 0.1) is 6.92 Å². The van der Waals surface area contributed by atoms with Crippen LogP contribution in [0.2, 0.25) is 5.02 Å². The number of halogens is 1. The van der Waals surface area contributed by atoms with Crippen LogP contribution in [-0.2, 0) is 26.1 Å². The van der Waals surface area contributed by atoms with E-state index in [1.807, 2.05) is 6.92 Å². The molecule has 1 amide bonds. The second kappa shape index (κ2) is 9.71. The van der Waals surface area contributed by atoms with Crippen LogP contribution in [0.25, 0.3) is 0 Å². The van der Waals surface area contributed by atoms with E-state index in [1.54, 1.807) is 48.5 Å². The highest BCUT2D eigenvalue weighted by molar-refractivity contribution is 7.89. The van der Waals surface area contributed by atoms with Gasteiger partial charge >= 0.3 is 0 Å². The number of aryl methyl sites for hydroxylation is 1. The average molecular weight is 437 g/mol. The number of rotatable bonds is 8. The van der Waals surface area contributed by atoms with Crippen LogP contribution in [0.5, 0.6) is 0 Å². The number of carbonyl (C=O) groups excluding carboxylic acids is 1. The molecular formula is C21H25ClN2O4S. The number of nitrogens with one attached hydrogen (secondary N) is 1. The van der Waals surface area contributed by atoms with Crippen LogP contribution in [-0.4, -0.2) is 44.4 Å². The number of nitrogens with zero attached hydrogens (tertiary/aromatic N) is 1. The molecule has 1 aliphatic rings. The molecule has 2 aromatic rings. The molecule has 0 radical (unpaired) electrons. The number of amides is 1. The molecule has 1 heterocycles. The van der Waals surface area contributed by atoms with Gasteiger partial charge in [-0.2, -0.15) is 4.31 Å². The Labute approximate surface area is 176 Å². The molecule has 0 aliphatic carbocycles. The highest BCUT2D eigenvalue weighted by atomic mass is 35.5. The van der Waals surface area contributed by atoms with Crippen LogP contribution in [0.15, 0.2) is 53.4 Å². The van der Waals surface area contributed by atoms with Crippen LogP contribution in [0.1, 0.15) is 24.0 Å². The van der Waals surface area contributed by atoms with E-state index in [-0.39, 0.29) is 30.0 Å². The lowest BCUT2D eigenvalue weighted by atomic mass is 10.2. The van der Waals surface area contributed by atoms with E-state index < -0.39 is 10.0 Å². The average Bonchev–Trinajstić information content (AvgIpc) is 3.20. The van der Waals surface area contributed by atoms with Crippen LogP contribution < -0.4 is 5.32 Å². The first kappa shape index (κ1) is 21.8. The number of sulfonamides is 1. The third-order valence-corrected chi connectivity index (χ3v) is 6.82. The predicted octanol–water partition coefficient (Wildman–Crippen LogP) is 3.13. The van der Waals surface area contributed by atoms with Crippen molar-refractivity contribution in [2.24, 2.45) is 0 Å². The number of carbonyl (C=O) groups is 1. The van der Waals surface area contributed by atoms with Gasteiger partial charge < -0.3 is 10.1 Å². The zero-order valence-electron chi connectivity index (χ0n) is 16.3. The Morgan fingerprint density at radius 2 is 2.00 bits per heavy atom. The zero-order valence-corrected chi connectivity index (χ0v) is 17.9. The lowest BCUT2D eigenvalue weighted by Gasteiger charge is -2.22. The Bertz CT molecular complexity index is 941. The fourth-order valence-electron chi connectivity index (χ4n) is 3.17. The Morgan fingerprint density at radius 3 is 2.66 bits per heavy atom. The van der Waals surface area contributed by atoms with Gasteiger partial charge in [0.2, 0.25) is 15.9 Å². The molecule has 1 saturated heterocycles. The van der Waals surface area contributed by atoms with Gasteiger partial charge in [-0.15, -0.1) is 0 Å². The summed E-state index contributed by atoms with van der Waals surface area (Å²) in [5, 5.41) is 3.30. The van der Waals surface area contributed by atoms with Gasteiger partial charge in [0, 0.05) is 24.7 Å². The van der Waals surface area contributed by atoms with Crippen LogP contribution in [0.4, 0.5) is 0 Å². The maximum absolute atomic E-state index is 13.2. The standard InChI is InChI=1S/C21H25ClN2O4S/c1-16-7-9-20(10-8-16)29(26,27)24(14-17-4-2-5-18(22)12-17)15-21(25)23-13-19-6-3-11-28-19/h2,4-5,7-10,12,19H,3,6,11,13-15H2,1H3,(H,23,25)/t19-/m0/s1. The van der Waals surface area contributed by atoms with Gasteiger partial charge in [-0.1, -0.05) is 41.4 Å². The molecule has 0 spiro atoms. The summed E-state index contributed by atoms with van der Waals surface area (Å²) in [5.41, 5.74) is 1.67. The van der Waals surface area contributed by atoms with Gasteiger partial charge in [0.25, 0.3) is 0 Å². The first-order valence-corrected chi connectivity index (χ1v) is 11.4. The van der Waals surface area contributed by atoms with Crippen molar-refractivity contribution in [3.8, 4) is 0 Å². The summed E-state index contributed by atoms with van der Waals surface area (Å²) in [5.74, 6) is -0.363. The highest BCUT2D eigenvalue weighted by Crippen LogP contribution is 2.20. The topological polar surface area (TPSA) is 75.7 Å². The highest BCUT2D eigenvalue weighted by Gasteiger charge is 2.27. The van der Waals surface area contributed by atoms with Crippen molar-refractivity contribution >= 4 is 27.5 Å². The first-order chi connectivity index (χ1) is 13.8. The summed E-state index contributed by atoms with van der Waals surface area (Å²) in [4.78, 5) is 12.7. The second-order valence-corrected chi connectivity index (χ2v) is 9.53. The zero-order chi connectivity index (χ0) is 20.9. The maximum atomic E-state index is 13.2. The van der Waals surface area contributed by atoms with Gasteiger partial charge in [-0.05, 0) is 49.6 Å². The van der Waals surface area contributed by atoms with Crippen molar-refractivity contribution in [2.45, 2.75) is 37.3 Å². The minimum atomic E-state index is -3.86. The monoisotopic (exact) mass is 436 g/mol. The molecule has 1 fully saturated rings. The fourth-order valence-corrected chi connectivity index (χ4v) is 4.77. The van der Waals surface area contributed by atoms with Crippen molar-refractivity contribution in [1.82, 2.24) is 9.62 Å². The molecule has 156 valence electrons. The quantitative estimate of drug-likeness (QED) is 0.689. The van der Waals surface area contributed by atoms with E-state index in [0.717, 1.165) is 18.4 Å². The Balaban J connectivity index is 1.78. The van der Waals surface area contributed by atoms with Gasteiger partial charge in [0.15, 0.2) is 0 Å². The van der Waals surface area contributed by atoms with Crippen molar-refractivity contribution in [1.29, 1.82) is 0 Å². The minimum absolute atomic E-state index is 0.00552. The minimum Gasteiger partial charge on any atom is -0.376 e. The number of benzene rings is 2. The third kappa shape index (κ3) is 6.02. The SMILES string of the molecule is Cc1ccc(S(=O)(=O)N(CC(=O)NC[C@@H]2CCCO2)Cc2cccc(Cl)c2)cc1. The summed E-state index contributed by atoms with van der Waals surface area (Å²) in [6.07, 6.45) is 1.87. The molecule has 2 aromatic carbocycles. The smallest absolute Gasteiger partial charge is 0.243 e. The number of hydrogen-bond donors (Lipinski definition) is 1. The number of hydrogen-bond acceptors (Lipinski definition) is 4. The van der Waals surface area contributed by atoms with Crippen molar-refractivity contribution in [3.05, 3.63) is 64.7 Å². The van der Waals surface area contributed by atoms with Gasteiger partial charge in [-0.25, -0.2) is 8.42 Å². The summed E-state index contributed by atoms with van der Waals surface area (Å²) in [7, 11) is -3.86. The molecular weight excluding hydrogens is 412 g/mol. The lowest BCUT2D eigenvalue weighted by Crippen LogP contribution is -2.42. The van der Waals surface area contributed by atoms with E-state index in [2.05, 4.69) is 5.32 Å². The molecule has 0 aromatic heterocycles. The van der Waals surface area contributed by atoms with Gasteiger partial charge in [0.05, 0.1) is 17.5 Å². The Kier molecular flexibility index (Phi) is 7.29. The predicted molar refractivity (Wildman–Crippen MR) is 112 cm³/mol. The molecule has 1 N–H and O–H groups in total. The van der Waals surface area contributed by atoms with Crippen LogP contribution >= 0.6 is 11.6 Å². The first-order valence-electron chi connectivity index (χ1n) is 9.54. The lowest BCUT2D eigenvalue weighted by molar-refractivity contribution is -0.121. The Hall–Kier alpha value is -1.93. The van der Waals surface area contributed by atoms with E-state index in [0.29, 0.717) is 23.7 Å². The molecule has 0 bridgehead atoms. The third-order valence-electron chi connectivity index (χ3n) is 4.78. The maximum Gasteiger partial charge on any atom is 0.243 e. The summed E-state index contributed by atoms with van der Waals surface area (Å²) in [6.45, 7) is 2.73. The number of ether oxygens (including phenoxy) is 1. The molecule has 1 atom stereocenters. The second-order valence-electron chi connectivity index (χ2n) is 7.16. The largest absolute Gasteiger partial charge is 0.376 e. The van der Waals surface area contributed by atoms with Crippen molar-refractivity contribution < 1.29 is 17.9 Å². The molecule has 8 heteroatoms. The molecule has 3 rings (SSSR count). The van der Waals surface area contributed by atoms with E-state index in [4.69, 9.17) is 16.3 Å². The molecule has 6 nitrogen and oxygen atoms in total. The molecule has 1 aliphatic heterocycles. The van der Waals surface area contributed by atoms with Crippen molar-refractivity contribution in [2.75, 3.05) is 19.7 Å². The van der Waals surface area contributed by atoms with E-state index in [1.165, 1.54) is 4.31 Å². The fraction of sp³-hybridized carbons (Fsp3) is 0.381. The Morgan fingerprint density at radius 1 is 1.24 bits per heavy atom. The van der Waals surface area contributed by atoms with Crippen molar-refractivity contribution in [3.63, 3.8) is 0 Å². The van der Waals surface area contributed by atoms with E-state index in [9.17, 15) is 13.2 Å².